The van der Waals surface area contributed by atoms with Crippen molar-refractivity contribution < 1.29 is 5.11 Å². The number of aliphatic hydroxyl groups is 1. The molecular formula is C36H72O. The largest absolute Gasteiger partial charge is 0.389 e. The Labute approximate surface area is 236 Å². The van der Waals surface area contributed by atoms with Gasteiger partial charge in [-0.25, -0.2) is 0 Å². The van der Waals surface area contributed by atoms with Crippen molar-refractivity contribution in [3.05, 3.63) is 11.6 Å². The fourth-order valence-corrected chi connectivity index (χ4v) is 5.74. The number of rotatable bonds is 31. The lowest BCUT2D eigenvalue weighted by atomic mass is 9.96. The number of aliphatic hydroxyl groups excluding tert-OH is 1. The van der Waals surface area contributed by atoms with E-state index in [4.69, 9.17) is 0 Å². The topological polar surface area (TPSA) is 20.2 Å². The number of allylic oxidation sites excluding steroid dienone is 1. The van der Waals surface area contributed by atoms with Crippen LogP contribution in [0.15, 0.2) is 11.6 Å². The first-order valence-corrected chi connectivity index (χ1v) is 17.6. The Hall–Kier alpha value is -0.300. The van der Waals surface area contributed by atoms with Crippen molar-refractivity contribution in [2.45, 2.75) is 219 Å². The van der Waals surface area contributed by atoms with Crippen LogP contribution in [0, 0.1) is 0 Å². The van der Waals surface area contributed by atoms with E-state index in [2.05, 4.69) is 26.8 Å². The van der Waals surface area contributed by atoms with E-state index in [1.807, 2.05) is 0 Å². The quantitative estimate of drug-likeness (QED) is 0.0711. The maximum Gasteiger partial charge on any atom is 0.0750 e. The molecule has 222 valence electrons. The highest BCUT2D eigenvalue weighted by atomic mass is 16.3. The highest BCUT2D eigenvalue weighted by Crippen LogP contribution is 2.20. The first kappa shape index (κ1) is 36.7. The van der Waals surface area contributed by atoms with Crippen LogP contribution in [0.25, 0.3) is 0 Å². The average molecular weight is 521 g/mol. The average Bonchev–Trinajstić information content (AvgIpc) is 2.91. The van der Waals surface area contributed by atoms with Gasteiger partial charge in [-0.1, -0.05) is 193 Å². The highest BCUT2D eigenvalue weighted by Gasteiger charge is 2.09. The third-order valence-electron chi connectivity index (χ3n) is 8.45. The molecule has 1 unspecified atom stereocenters. The molecule has 0 rings (SSSR count). The van der Waals surface area contributed by atoms with Crippen molar-refractivity contribution in [3.8, 4) is 0 Å². The van der Waals surface area contributed by atoms with Crippen molar-refractivity contribution >= 4 is 0 Å². The van der Waals surface area contributed by atoms with Crippen LogP contribution in [0.3, 0.4) is 0 Å². The lowest BCUT2D eigenvalue weighted by Gasteiger charge is -2.15. The molecule has 1 atom stereocenters. The predicted molar refractivity (Wildman–Crippen MR) is 170 cm³/mol. The Morgan fingerprint density at radius 2 is 0.703 bits per heavy atom. The summed E-state index contributed by atoms with van der Waals surface area (Å²) in [5.74, 6) is 0. The van der Waals surface area contributed by atoms with Crippen molar-refractivity contribution in [2.24, 2.45) is 0 Å². The molecule has 37 heavy (non-hydrogen) atoms. The van der Waals surface area contributed by atoms with Gasteiger partial charge >= 0.3 is 0 Å². The Balaban J connectivity index is 3.41. The molecule has 0 aliphatic heterocycles. The smallest absolute Gasteiger partial charge is 0.0750 e. The summed E-state index contributed by atoms with van der Waals surface area (Å²) in [4.78, 5) is 0. The molecule has 1 heteroatoms. The van der Waals surface area contributed by atoms with E-state index in [0.29, 0.717) is 0 Å². The first-order valence-electron chi connectivity index (χ1n) is 17.6. The summed E-state index contributed by atoms with van der Waals surface area (Å²) < 4.78 is 0. The van der Waals surface area contributed by atoms with Gasteiger partial charge in [-0.2, -0.15) is 0 Å². The van der Waals surface area contributed by atoms with E-state index < -0.39 is 0 Å². The van der Waals surface area contributed by atoms with Crippen LogP contribution in [0.2, 0.25) is 0 Å². The van der Waals surface area contributed by atoms with Gasteiger partial charge in [-0.05, 0) is 31.8 Å². The maximum atomic E-state index is 10.6. The molecule has 0 fully saturated rings. The summed E-state index contributed by atoms with van der Waals surface area (Å²) in [6.07, 6.45) is 43.4. The molecule has 0 bridgehead atoms. The predicted octanol–water partition coefficient (Wildman–Crippen LogP) is 13.0. The summed E-state index contributed by atoms with van der Waals surface area (Å²) in [6.45, 7) is 6.71. The molecule has 0 radical (unpaired) electrons. The Morgan fingerprint density at radius 1 is 0.432 bits per heavy atom. The molecule has 0 spiro atoms. The van der Waals surface area contributed by atoms with Crippen LogP contribution in [0.5, 0.6) is 0 Å². The van der Waals surface area contributed by atoms with Gasteiger partial charge in [0.05, 0.1) is 6.10 Å². The van der Waals surface area contributed by atoms with Crippen molar-refractivity contribution in [1.29, 1.82) is 0 Å². The molecule has 1 N–H and O–H groups in total. The van der Waals surface area contributed by atoms with Crippen molar-refractivity contribution in [3.63, 3.8) is 0 Å². The maximum absolute atomic E-state index is 10.6. The SMILES string of the molecule is CC=C(CCCCCCCCCCCCCCCC)C(O)CCCCCCCCCCCCCCCC. The second-order valence-corrected chi connectivity index (χ2v) is 12.1. The molecule has 1 nitrogen and oxygen atoms in total. The Kier molecular flexibility index (Phi) is 31.7. The van der Waals surface area contributed by atoms with Gasteiger partial charge in [0.1, 0.15) is 0 Å². The zero-order chi connectivity index (χ0) is 27.1. The molecular weight excluding hydrogens is 448 g/mol. The molecule has 0 amide bonds. The van der Waals surface area contributed by atoms with Crippen molar-refractivity contribution in [2.75, 3.05) is 0 Å². The molecule has 0 aromatic carbocycles. The Morgan fingerprint density at radius 3 is 1.00 bits per heavy atom. The van der Waals surface area contributed by atoms with Gasteiger partial charge in [-0.15, -0.1) is 0 Å². The molecule has 0 saturated heterocycles. The van der Waals surface area contributed by atoms with Gasteiger partial charge in [0, 0.05) is 0 Å². The minimum atomic E-state index is -0.190. The van der Waals surface area contributed by atoms with Crippen LogP contribution in [0.4, 0.5) is 0 Å². The summed E-state index contributed by atoms with van der Waals surface area (Å²) in [6, 6.07) is 0. The van der Waals surface area contributed by atoms with E-state index in [1.54, 1.807) is 0 Å². The van der Waals surface area contributed by atoms with Crippen LogP contribution in [0.1, 0.15) is 213 Å². The standard InChI is InChI=1S/C36H72O/c1-4-7-9-11-13-15-17-19-21-23-25-27-29-31-33-35(6-3)36(37)34-32-30-28-26-24-22-20-18-16-14-12-10-8-5-2/h6,36-37H,4-5,7-34H2,1-3H3. The van der Waals surface area contributed by atoms with Crippen molar-refractivity contribution in [1.82, 2.24) is 0 Å². The third kappa shape index (κ3) is 28.5. The number of unbranched alkanes of at least 4 members (excludes halogenated alkanes) is 26. The van der Waals surface area contributed by atoms with E-state index in [-0.39, 0.29) is 6.10 Å². The van der Waals surface area contributed by atoms with Gasteiger partial charge in [0.25, 0.3) is 0 Å². The van der Waals surface area contributed by atoms with E-state index in [0.717, 1.165) is 12.8 Å². The lowest BCUT2D eigenvalue weighted by molar-refractivity contribution is 0.191. The summed E-state index contributed by atoms with van der Waals surface area (Å²) in [5.41, 5.74) is 1.30. The monoisotopic (exact) mass is 521 g/mol. The zero-order valence-corrected chi connectivity index (χ0v) is 26.3. The Bertz CT molecular complexity index is 440. The van der Waals surface area contributed by atoms with Crippen LogP contribution >= 0.6 is 0 Å². The van der Waals surface area contributed by atoms with Crippen LogP contribution in [-0.4, -0.2) is 11.2 Å². The molecule has 0 saturated carbocycles. The second kappa shape index (κ2) is 31.9. The minimum absolute atomic E-state index is 0.190. The molecule has 0 aliphatic rings. The first-order chi connectivity index (χ1) is 18.3. The number of hydrogen-bond acceptors (Lipinski definition) is 1. The fourth-order valence-electron chi connectivity index (χ4n) is 5.74. The summed E-state index contributed by atoms with van der Waals surface area (Å²) in [7, 11) is 0. The molecule has 0 aliphatic carbocycles. The highest BCUT2D eigenvalue weighted by molar-refractivity contribution is 5.06. The molecule has 0 heterocycles. The normalized spacial score (nSPS) is 12.9. The van der Waals surface area contributed by atoms with Gasteiger partial charge in [-0.3, -0.25) is 0 Å². The van der Waals surface area contributed by atoms with Gasteiger partial charge in [0.15, 0.2) is 0 Å². The molecule has 0 aromatic heterocycles. The van der Waals surface area contributed by atoms with Crippen LogP contribution < -0.4 is 0 Å². The van der Waals surface area contributed by atoms with Gasteiger partial charge < -0.3 is 5.11 Å². The van der Waals surface area contributed by atoms with E-state index in [1.165, 1.54) is 185 Å². The van der Waals surface area contributed by atoms with E-state index >= 15 is 0 Å². The van der Waals surface area contributed by atoms with Gasteiger partial charge in [0.2, 0.25) is 0 Å². The minimum Gasteiger partial charge on any atom is -0.389 e. The zero-order valence-electron chi connectivity index (χ0n) is 26.3. The van der Waals surface area contributed by atoms with E-state index in [9.17, 15) is 5.11 Å². The third-order valence-corrected chi connectivity index (χ3v) is 8.45. The molecule has 0 aromatic rings. The summed E-state index contributed by atoms with van der Waals surface area (Å²) >= 11 is 0. The lowest BCUT2D eigenvalue weighted by Crippen LogP contribution is -2.10. The summed E-state index contributed by atoms with van der Waals surface area (Å²) in [5, 5.41) is 10.6. The fraction of sp³-hybridized carbons (Fsp3) is 0.944. The second-order valence-electron chi connectivity index (χ2n) is 12.1. The van der Waals surface area contributed by atoms with Crippen LogP contribution in [-0.2, 0) is 0 Å². The number of hydrogen-bond donors (Lipinski definition) is 1.